The molecule has 1 aliphatic carbocycles. The molecule has 0 aliphatic heterocycles. The molecule has 136 valence electrons. The Bertz CT molecular complexity index is 1010. The van der Waals surface area contributed by atoms with E-state index in [0.29, 0.717) is 6.54 Å². The molecule has 0 radical (unpaired) electrons. The molecule has 0 bridgehead atoms. The molecule has 2 unspecified atom stereocenters. The first-order valence-electron chi connectivity index (χ1n) is 8.15. The van der Waals surface area contributed by atoms with Gasteiger partial charge in [0.25, 0.3) is 5.56 Å². The Hall–Kier alpha value is -2.04. The molecule has 1 fully saturated rings. The van der Waals surface area contributed by atoms with E-state index in [2.05, 4.69) is 14.7 Å². The zero-order valence-corrected chi connectivity index (χ0v) is 14.7. The number of pyridine rings is 1. The minimum absolute atomic E-state index is 0.0454. The number of aromatic nitrogens is 3. The maximum atomic E-state index is 12.7. The van der Waals surface area contributed by atoms with Crippen molar-refractivity contribution in [2.45, 2.75) is 36.6 Å². The fourth-order valence-electron chi connectivity index (χ4n) is 3.28. The first kappa shape index (κ1) is 17.8. The van der Waals surface area contributed by atoms with Gasteiger partial charge in [0.15, 0.2) is 0 Å². The molecule has 2 aromatic rings. The van der Waals surface area contributed by atoms with Crippen LogP contribution in [0.4, 0.5) is 0 Å². The summed E-state index contributed by atoms with van der Waals surface area (Å²) in [6.45, 7) is 0.422. The van der Waals surface area contributed by atoms with Crippen LogP contribution in [0.1, 0.15) is 25.7 Å². The van der Waals surface area contributed by atoms with Gasteiger partial charge < -0.3 is 5.73 Å². The molecular weight excluding hydrogens is 346 g/mol. The van der Waals surface area contributed by atoms with E-state index < -0.39 is 21.3 Å². The van der Waals surface area contributed by atoms with Crippen LogP contribution in [0.3, 0.4) is 0 Å². The third kappa shape index (κ3) is 3.37. The second kappa shape index (κ2) is 6.70. The van der Waals surface area contributed by atoms with E-state index in [9.17, 15) is 18.0 Å². The van der Waals surface area contributed by atoms with Gasteiger partial charge in [-0.2, -0.15) is 0 Å². The average molecular weight is 367 g/mol. The summed E-state index contributed by atoms with van der Waals surface area (Å²) in [6.07, 6.45) is 4.77. The number of nitrogens with one attached hydrogen (secondary N) is 2. The van der Waals surface area contributed by atoms with Crippen LogP contribution in [-0.4, -0.2) is 35.5 Å². The van der Waals surface area contributed by atoms with Crippen molar-refractivity contribution in [1.29, 1.82) is 0 Å². The van der Waals surface area contributed by atoms with Gasteiger partial charge in [-0.05, 0) is 31.4 Å². The Labute approximate surface area is 144 Å². The number of aryl methyl sites for hydroxylation is 1. The smallest absolute Gasteiger partial charge is 0.329 e. The summed E-state index contributed by atoms with van der Waals surface area (Å²) in [6, 6.07) is 1.02. The summed E-state index contributed by atoms with van der Waals surface area (Å²) in [5.74, 6) is 0.0983. The van der Waals surface area contributed by atoms with Gasteiger partial charge in [0, 0.05) is 19.3 Å². The van der Waals surface area contributed by atoms with Gasteiger partial charge in [-0.3, -0.25) is 14.3 Å². The number of hydrogen-bond donors (Lipinski definition) is 3. The number of sulfonamides is 1. The van der Waals surface area contributed by atoms with E-state index in [1.165, 1.54) is 13.1 Å². The van der Waals surface area contributed by atoms with Crippen LogP contribution >= 0.6 is 0 Å². The standard InChI is InChI=1S/C15H21N5O4S/c1-20-13-11(14(21)18-15(20)22)6-10(8-17-13)25(23,24)19-12-5-3-2-4-9(12)7-16/h6,8-9,12,19H,2-5,7,16H2,1H3,(H,18,21,22). The van der Waals surface area contributed by atoms with Crippen molar-refractivity contribution in [2.75, 3.05) is 6.54 Å². The molecule has 0 aromatic carbocycles. The van der Waals surface area contributed by atoms with E-state index >= 15 is 0 Å². The van der Waals surface area contributed by atoms with E-state index in [1.807, 2.05) is 0 Å². The van der Waals surface area contributed by atoms with Crippen LogP contribution in [-0.2, 0) is 17.1 Å². The summed E-state index contributed by atoms with van der Waals surface area (Å²) < 4.78 is 29.2. The number of H-pyrrole nitrogens is 1. The minimum atomic E-state index is -3.84. The van der Waals surface area contributed by atoms with Crippen LogP contribution in [0.25, 0.3) is 11.0 Å². The SMILES string of the molecule is Cn1c(=O)[nH]c(=O)c2cc(S(=O)(=O)NC3CCCCC3CN)cnc21. The summed E-state index contributed by atoms with van der Waals surface area (Å²) in [5.41, 5.74) is 4.61. The van der Waals surface area contributed by atoms with Crippen LogP contribution in [0.2, 0.25) is 0 Å². The second-order valence-electron chi connectivity index (χ2n) is 6.37. The van der Waals surface area contributed by atoms with Crippen molar-refractivity contribution in [3.8, 4) is 0 Å². The van der Waals surface area contributed by atoms with Crippen LogP contribution in [0.5, 0.6) is 0 Å². The number of rotatable bonds is 4. The normalized spacial score (nSPS) is 21.5. The fraction of sp³-hybridized carbons (Fsp3) is 0.533. The molecule has 0 amide bonds. The van der Waals surface area contributed by atoms with E-state index in [1.54, 1.807) is 0 Å². The highest BCUT2D eigenvalue weighted by Crippen LogP contribution is 2.25. The molecule has 25 heavy (non-hydrogen) atoms. The summed E-state index contributed by atoms with van der Waals surface area (Å²) >= 11 is 0. The zero-order chi connectivity index (χ0) is 18.2. The lowest BCUT2D eigenvalue weighted by molar-refractivity contribution is 0.296. The maximum Gasteiger partial charge on any atom is 0.329 e. The lowest BCUT2D eigenvalue weighted by Gasteiger charge is -2.31. The molecule has 10 heteroatoms. The monoisotopic (exact) mass is 367 g/mol. The summed E-state index contributed by atoms with van der Waals surface area (Å²) in [7, 11) is -2.39. The third-order valence-electron chi connectivity index (χ3n) is 4.76. The van der Waals surface area contributed by atoms with Crippen molar-refractivity contribution in [1.82, 2.24) is 19.3 Å². The lowest BCUT2D eigenvalue weighted by Crippen LogP contribution is -2.44. The van der Waals surface area contributed by atoms with Gasteiger partial charge in [0.1, 0.15) is 10.5 Å². The second-order valence-corrected chi connectivity index (χ2v) is 8.08. The van der Waals surface area contributed by atoms with E-state index in [4.69, 9.17) is 5.73 Å². The molecule has 2 atom stereocenters. The van der Waals surface area contributed by atoms with Gasteiger partial charge in [-0.1, -0.05) is 12.8 Å². The Morgan fingerprint density at radius 1 is 1.36 bits per heavy atom. The number of fused-ring (bicyclic) bond motifs is 1. The first-order chi connectivity index (χ1) is 11.8. The van der Waals surface area contributed by atoms with Gasteiger partial charge >= 0.3 is 5.69 Å². The number of aromatic amines is 1. The van der Waals surface area contributed by atoms with Gasteiger partial charge in [0.2, 0.25) is 10.0 Å². The Morgan fingerprint density at radius 3 is 2.80 bits per heavy atom. The molecule has 2 aromatic heterocycles. The van der Waals surface area contributed by atoms with E-state index in [0.717, 1.165) is 36.4 Å². The number of hydrogen-bond acceptors (Lipinski definition) is 6. The predicted molar refractivity (Wildman–Crippen MR) is 92.7 cm³/mol. The maximum absolute atomic E-state index is 12.7. The molecule has 0 saturated heterocycles. The van der Waals surface area contributed by atoms with Crippen molar-refractivity contribution in [2.24, 2.45) is 18.7 Å². The Kier molecular flexibility index (Phi) is 4.76. The first-order valence-corrected chi connectivity index (χ1v) is 9.63. The van der Waals surface area contributed by atoms with Crippen molar-refractivity contribution in [3.05, 3.63) is 33.1 Å². The number of nitrogens with two attached hydrogens (primary N) is 1. The minimum Gasteiger partial charge on any atom is -0.330 e. The van der Waals surface area contributed by atoms with Crippen molar-refractivity contribution >= 4 is 21.1 Å². The van der Waals surface area contributed by atoms with Gasteiger partial charge in [-0.15, -0.1) is 0 Å². The highest BCUT2D eigenvalue weighted by Gasteiger charge is 2.29. The van der Waals surface area contributed by atoms with Crippen LogP contribution < -0.4 is 21.7 Å². The van der Waals surface area contributed by atoms with Crippen molar-refractivity contribution < 1.29 is 8.42 Å². The highest BCUT2D eigenvalue weighted by molar-refractivity contribution is 7.89. The predicted octanol–water partition coefficient (Wildman–Crippen LogP) is -0.582. The average Bonchev–Trinajstić information content (AvgIpc) is 2.59. The van der Waals surface area contributed by atoms with E-state index in [-0.39, 0.29) is 27.9 Å². The summed E-state index contributed by atoms with van der Waals surface area (Å²) in [5, 5.41) is 0.0454. The third-order valence-corrected chi connectivity index (χ3v) is 6.21. The Morgan fingerprint density at radius 2 is 2.08 bits per heavy atom. The molecule has 0 spiro atoms. The molecule has 9 nitrogen and oxygen atoms in total. The molecule has 2 heterocycles. The highest BCUT2D eigenvalue weighted by atomic mass is 32.2. The topological polar surface area (TPSA) is 140 Å². The zero-order valence-electron chi connectivity index (χ0n) is 13.9. The lowest BCUT2D eigenvalue weighted by atomic mass is 9.85. The molecule has 3 rings (SSSR count). The Balaban J connectivity index is 2.00. The molecule has 1 saturated carbocycles. The molecular formula is C15H21N5O4S. The molecule has 4 N–H and O–H groups in total. The summed E-state index contributed by atoms with van der Waals surface area (Å²) in [4.78, 5) is 29.6. The van der Waals surface area contributed by atoms with Crippen molar-refractivity contribution in [3.63, 3.8) is 0 Å². The van der Waals surface area contributed by atoms with Crippen LogP contribution in [0.15, 0.2) is 26.7 Å². The largest absolute Gasteiger partial charge is 0.330 e. The van der Waals surface area contributed by atoms with Gasteiger partial charge in [-0.25, -0.2) is 22.9 Å². The quantitative estimate of drug-likeness (QED) is 0.660. The fourth-order valence-corrected chi connectivity index (χ4v) is 4.59. The molecule has 1 aliphatic rings. The van der Waals surface area contributed by atoms with Crippen LogP contribution in [0, 0.1) is 5.92 Å². The number of nitrogens with zero attached hydrogens (tertiary/aromatic N) is 2. The van der Waals surface area contributed by atoms with Gasteiger partial charge in [0.05, 0.1) is 5.39 Å².